The molecule has 2 atom stereocenters. The minimum Gasteiger partial charge on any atom is -0.370 e. The van der Waals surface area contributed by atoms with Gasteiger partial charge < -0.3 is 16.8 Å². The molecule has 5 N–H and O–H groups in total. The highest BCUT2D eigenvalue weighted by Crippen LogP contribution is 2.16. The molecule has 1 fully saturated rings. The van der Waals surface area contributed by atoms with Crippen LogP contribution in [0.3, 0.4) is 0 Å². The van der Waals surface area contributed by atoms with Crippen molar-refractivity contribution in [1.29, 1.82) is 0 Å². The summed E-state index contributed by atoms with van der Waals surface area (Å²) in [6, 6.07) is 0.983. The summed E-state index contributed by atoms with van der Waals surface area (Å²) in [6.45, 7) is 0.977. The standard InChI is InChI=1S/C10H21N3O/c11-8-4-5-9(7-8)13-6-2-1-3-10(12)14/h8-9,13H,1-7,11H2,(H2,12,14). The lowest BCUT2D eigenvalue weighted by Gasteiger charge is -2.11. The van der Waals surface area contributed by atoms with Crippen LogP contribution in [0, 0.1) is 0 Å². The van der Waals surface area contributed by atoms with Crippen molar-refractivity contribution in [3.05, 3.63) is 0 Å². The van der Waals surface area contributed by atoms with Crippen molar-refractivity contribution in [2.45, 2.75) is 50.6 Å². The Morgan fingerprint density at radius 1 is 1.36 bits per heavy atom. The van der Waals surface area contributed by atoms with E-state index in [1.54, 1.807) is 0 Å². The summed E-state index contributed by atoms with van der Waals surface area (Å²) in [5.74, 6) is -0.201. The SMILES string of the molecule is NC(=O)CCCCNC1CCC(N)C1. The topological polar surface area (TPSA) is 81.1 Å². The number of unbranched alkanes of at least 4 members (excludes halogenated alkanes) is 1. The van der Waals surface area contributed by atoms with Gasteiger partial charge in [-0.15, -0.1) is 0 Å². The molecule has 4 heteroatoms. The lowest BCUT2D eigenvalue weighted by molar-refractivity contribution is -0.118. The first-order valence-electron chi connectivity index (χ1n) is 5.45. The van der Waals surface area contributed by atoms with Crippen LogP contribution in [-0.4, -0.2) is 24.5 Å². The smallest absolute Gasteiger partial charge is 0.217 e. The van der Waals surface area contributed by atoms with Gasteiger partial charge in [-0.3, -0.25) is 4.79 Å². The highest BCUT2D eigenvalue weighted by Gasteiger charge is 2.20. The summed E-state index contributed by atoms with van der Waals surface area (Å²) in [5.41, 5.74) is 10.8. The van der Waals surface area contributed by atoms with Crippen LogP contribution >= 0.6 is 0 Å². The third kappa shape index (κ3) is 4.58. The highest BCUT2D eigenvalue weighted by molar-refractivity contribution is 5.73. The average molecular weight is 199 g/mol. The minimum atomic E-state index is -0.201. The van der Waals surface area contributed by atoms with Crippen LogP contribution in [0.1, 0.15) is 38.5 Å². The van der Waals surface area contributed by atoms with Crippen LogP contribution in [-0.2, 0) is 4.79 Å². The molecule has 1 rings (SSSR count). The van der Waals surface area contributed by atoms with E-state index in [0.29, 0.717) is 18.5 Å². The zero-order valence-electron chi connectivity index (χ0n) is 8.67. The molecule has 0 aliphatic heterocycles. The molecule has 1 amide bonds. The Hall–Kier alpha value is -0.610. The third-order valence-corrected chi connectivity index (χ3v) is 2.76. The number of hydrogen-bond donors (Lipinski definition) is 3. The predicted molar refractivity (Wildman–Crippen MR) is 56.7 cm³/mol. The second kappa shape index (κ2) is 5.98. The van der Waals surface area contributed by atoms with E-state index >= 15 is 0 Å². The van der Waals surface area contributed by atoms with Gasteiger partial charge in [0, 0.05) is 18.5 Å². The van der Waals surface area contributed by atoms with Gasteiger partial charge in [0.05, 0.1) is 0 Å². The molecule has 0 aromatic heterocycles. The normalized spacial score (nSPS) is 26.6. The van der Waals surface area contributed by atoms with Gasteiger partial charge in [0.15, 0.2) is 0 Å². The molecular formula is C10H21N3O. The monoisotopic (exact) mass is 199 g/mol. The molecule has 1 aliphatic rings. The average Bonchev–Trinajstić information content (AvgIpc) is 2.50. The van der Waals surface area contributed by atoms with Crippen molar-refractivity contribution in [3.63, 3.8) is 0 Å². The molecule has 4 nitrogen and oxygen atoms in total. The van der Waals surface area contributed by atoms with Crippen LogP contribution in [0.25, 0.3) is 0 Å². The van der Waals surface area contributed by atoms with Gasteiger partial charge in [0.25, 0.3) is 0 Å². The second-order valence-corrected chi connectivity index (χ2v) is 4.15. The summed E-state index contributed by atoms with van der Waals surface area (Å²) in [4.78, 5) is 10.4. The third-order valence-electron chi connectivity index (χ3n) is 2.76. The van der Waals surface area contributed by atoms with Crippen molar-refractivity contribution in [2.24, 2.45) is 11.5 Å². The Morgan fingerprint density at radius 3 is 2.71 bits per heavy atom. The second-order valence-electron chi connectivity index (χ2n) is 4.15. The Balaban J connectivity index is 1.91. The molecule has 0 aromatic rings. The van der Waals surface area contributed by atoms with Gasteiger partial charge in [-0.05, 0) is 38.6 Å². The number of primary amides is 1. The molecule has 0 saturated heterocycles. The van der Waals surface area contributed by atoms with E-state index in [-0.39, 0.29) is 5.91 Å². The Morgan fingerprint density at radius 2 is 2.14 bits per heavy atom. The van der Waals surface area contributed by atoms with Crippen molar-refractivity contribution >= 4 is 5.91 Å². The number of hydrogen-bond acceptors (Lipinski definition) is 3. The Labute approximate surface area is 85.4 Å². The Bertz CT molecular complexity index is 184. The van der Waals surface area contributed by atoms with E-state index in [0.717, 1.165) is 32.2 Å². The van der Waals surface area contributed by atoms with Gasteiger partial charge >= 0.3 is 0 Å². The molecule has 1 saturated carbocycles. The number of carbonyl (C=O) groups excluding carboxylic acids is 1. The van der Waals surface area contributed by atoms with Crippen LogP contribution in [0.5, 0.6) is 0 Å². The quantitative estimate of drug-likeness (QED) is 0.531. The van der Waals surface area contributed by atoms with Gasteiger partial charge in [0.2, 0.25) is 5.91 Å². The maximum absolute atomic E-state index is 10.4. The largest absolute Gasteiger partial charge is 0.370 e. The lowest BCUT2D eigenvalue weighted by Crippen LogP contribution is -2.29. The summed E-state index contributed by atoms with van der Waals surface area (Å²) >= 11 is 0. The van der Waals surface area contributed by atoms with Gasteiger partial charge in [-0.1, -0.05) is 0 Å². The predicted octanol–water partition coefficient (Wildman–Crippen LogP) is 0.111. The summed E-state index contributed by atoms with van der Waals surface area (Å²) < 4.78 is 0. The van der Waals surface area contributed by atoms with E-state index in [2.05, 4.69) is 5.32 Å². The van der Waals surface area contributed by atoms with Crippen LogP contribution in [0.4, 0.5) is 0 Å². The molecular weight excluding hydrogens is 178 g/mol. The lowest BCUT2D eigenvalue weighted by atomic mass is 10.2. The first-order chi connectivity index (χ1) is 6.68. The molecule has 82 valence electrons. The van der Waals surface area contributed by atoms with Crippen molar-refractivity contribution in [1.82, 2.24) is 5.32 Å². The minimum absolute atomic E-state index is 0.201. The zero-order chi connectivity index (χ0) is 10.4. The molecule has 0 radical (unpaired) electrons. The molecule has 14 heavy (non-hydrogen) atoms. The fourth-order valence-corrected chi connectivity index (χ4v) is 1.93. The molecule has 0 spiro atoms. The molecule has 0 bridgehead atoms. The van der Waals surface area contributed by atoms with Crippen molar-refractivity contribution in [2.75, 3.05) is 6.54 Å². The number of nitrogens with two attached hydrogens (primary N) is 2. The fourth-order valence-electron chi connectivity index (χ4n) is 1.93. The number of rotatable bonds is 6. The van der Waals surface area contributed by atoms with E-state index in [9.17, 15) is 4.79 Å². The Kier molecular flexibility index (Phi) is 4.90. The highest BCUT2D eigenvalue weighted by atomic mass is 16.1. The number of carbonyl (C=O) groups is 1. The van der Waals surface area contributed by atoms with Crippen LogP contribution in [0.2, 0.25) is 0 Å². The first-order valence-corrected chi connectivity index (χ1v) is 5.45. The van der Waals surface area contributed by atoms with E-state index < -0.39 is 0 Å². The van der Waals surface area contributed by atoms with Gasteiger partial charge in [-0.2, -0.15) is 0 Å². The number of nitrogens with one attached hydrogen (secondary N) is 1. The zero-order valence-corrected chi connectivity index (χ0v) is 8.67. The molecule has 0 aromatic carbocycles. The van der Waals surface area contributed by atoms with Crippen LogP contribution in [0.15, 0.2) is 0 Å². The van der Waals surface area contributed by atoms with Crippen molar-refractivity contribution < 1.29 is 4.79 Å². The van der Waals surface area contributed by atoms with E-state index in [1.807, 2.05) is 0 Å². The molecule has 0 heterocycles. The summed E-state index contributed by atoms with van der Waals surface area (Å²) in [5, 5.41) is 3.45. The summed E-state index contributed by atoms with van der Waals surface area (Å²) in [7, 11) is 0. The van der Waals surface area contributed by atoms with E-state index in [1.165, 1.54) is 6.42 Å². The molecule has 2 unspecified atom stereocenters. The van der Waals surface area contributed by atoms with Gasteiger partial charge in [0.1, 0.15) is 0 Å². The maximum atomic E-state index is 10.4. The van der Waals surface area contributed by atoms with E-state index in [4.69, 9.17) is 11.5 Å². The maximum Gasteiger partial charge on any atom is 0.217 e. The molecule has 1 aliphatic carbocycles. The van der Waals surface area contributed by atoms with Gasteiger partial charge in [-0.25, -0.2) is 0 Å². The fraction of sp³-hybridized carbons (Fsp3) is 0.900. The first kappa shape index (κ1) is 11.5. The van der Waals surface area contributed by atoms with Crippen molar-refractivity contribution in [3.8, 4) is 0 Å². The number of amides is 1. The van der Waals surface area contributed by atoms with Crippen LogP contribution < -0.4 is 16.8 Å². The summed E-state index contributed by atoms with van der Waals surface area (Å²) in [6.07, 6.45) is 5.84.